The molecule has 1 fully saturated rings. The van der Waals surface area contributed by atoms with Gasteiger partial charge in [0.2, 0.25) is 0 Å². The number of anilines is 2. The summed E-state index contributed by atoms with van der Waals surface area (Å²) < 4.78 is 6.28. The van der Waals surface area contributed by atoms with Crippen molar-refractivity contribution in [1.29, 1.82) is 0 Å². The first-order valence-electron chi connectivity index (χ1n) is 8.84. The molecule has 0 unspecified atom stereocenters. The molecule has 1 N–H and O–H groups in total. The largest absolute Gasteiger partial charge is 0.493 e. The second kappa shape index (κ2) is 8.56. The molecule has 2 aromatic carbocycles. The summed E-state index contributed by atoms with van der Waals surface area (Å²) in [5.41, 5.74) is 2.50. The minimum absolute atomic E-state index is 0.129. The van der Waals surface area contributed by atoms with Crippen LogP contribution in [0.4, 0.5) is 11.4 Å². The van der Waals surface area contributed by atoms with Crippen LogP contribution >= 0.6 is 15.9 Å². The Morgan fingerprint density at radius 2 is 1.88 bits per heavy atom. The van der Waals surface area contributed by atoms with Crippen LogP contribution in [0.2, 0.25) is 0 Å². The van der Waals surface area contributed by atoms with E-state index in [0.717, 1.165) is 47.8 Å². The van der Waals surface area contributed by atoms with Crippen LogP contribution in [0.5, 0.6) is 5.75 Å². The Morgan fingerprint density at radius 3 is 2.58 bits per heavy atom. The van der Waals surface area contributed by atoms with Crippen LogP contribution in [0.1, 0.15) is 17.3 Å². The van der Waals surface area contributed by atoms with Crippen molar-refractivity contribution in [2.24, 2.45) is 0 Å². The SMILES string of the molecule is CCOc1ccc(C(=O)Nc2ccccc2N2CCN(C)CC2)cc1Br. The Bertz CT molecular complexity index is 773. The molecule has 1 saturated heterocycles. The van der Waals surface area contributed by atoms with Gasteiger partial charge in [0.1, 0.15) is 5.75 Å². The van der Waals surface area contributed by atoms with Gasteiger partial charge in [0, 0.05) is 31.7 Å². The number of hydrogen-bond donors (Lipinski definition) is 1. The number of nitrogens with zero attached hydrogens (tertiary/aromatic N) is 2. The fourth-order valence-corrected chi connectivity index (χ4v) is 3.50. The van der Waals surface area contributed by atoms with Gasteiger partial charge in [-0.05, 0) is 60.2 Å². The van der Waals surface area contributed by atoms with E-state index in [2.05, 4.69) is 44.2 Å². The van der Waals surface area contributed by atoms with Gasteiger partial charge in [-0.1, -0.05) is 12.1 Å². The maximum Gasteiger partial charge on any atom is 0.255 e. The van der Waals surface area contributed by atoms with Crippen molar-refractivity contribution in [1.82, 2.24) is 4.90 Å². The zero-order valence-corrected chi connectivity index (χ0v) is 16.8. The van der Waals surface area contributed by atoms with Crippen molar-refractivity contribution in [3.63, 3.8) is 0 Å². The maximum atomic E-state index is 12.7. The van der Waals surface area contributed by atoms with Crippen LogP contribution in [0.15, 0.2) is 46.9 Å². The van der Waals surface area contributed by atoms with E-state index < -0.39 is 0 Å². The van der Waals surface area contributed by atoms with E-state index in [1.807, 2.05) is 31.2 Å². The van der Waals surface area contributed by atoms with Crippen LogP contribution in [0.25, 0.3) is 0 Å². The highest BCUT2D eigenvalue weighted by Crippen LogP contribution is 2.29. The average molecular weight is 418 g/mol. The summed E-state index contributed by atoms with van der Waals surface area (Å²) in [6, 6.07) is 13.4. The fourth-order valence-electron chi connectivity index (χ4n) is 3.01. The third-order valence-electron chi connectivity index (χ3n) is 4.49. The Morgan fingerprint density at radius 1 is 1.15 bits per heavy atom. The fraction of sp³-hybridized carbons (Fsp3) is 0.350. The van der Waals surface area contributed by atoms with E-state index in [1.54, 1.807) is 12.1 Å². The number of carbonyl (C=O) groups excluding carboxylic acids is 1. The monoisotopic (exact) mass is 417 g/mol. The summed E-state index contributed by atoms with van der Waals surface area (Å²) in [6.45, 7) is 6.48. The second-order valence-corrected chi connectivity index (χ2v) is 7.19. The first-order valence-corrected chi connectivity index (χ1v) is 9.64. The molecule has 2 aromatic rings. The quantitative estimate of drug-likeness (QED) is 0.801. The molecule has 1 aliphatic heterocycles. The Balaban J connectivity index is 1.76. The molecule has 5 nitrogen and oxygen atoms in total. The van der Waals surface area contributed by atoms with E-state index in [0.29, 0.717) is 12.2 Å². The molecule has 0 saturated carbocycles. The summed E-state index contributed by atoms with van der Waals surface area (Å²) in [6.07, 6.45) is 0. The standard InChI is InChI=1S/C20H24BrN3O2/c1-3-26-19-9-8-15(14-16(19)21)20(25)22-17-6-4-5-7-18(17)24-12-10-23(2)11-13-24/h4-9,14H,3,10-13H2,1-2H3,(H,22,25). The smallest absolute Gasteiger partial charge is 0.255 e. The van der Waals surface area contributed by atoms with Crippen LogP contribution in [-0.2, 0) is 0 Å². The lowest BCUT2D eigenvalue weighted by Gasteiger charge is -2.35. The minimum Gasteiger partial charge on any atom is -0.493 e. The molecule has 0 aliphatic carbocycles. The van der Waals surface area contributed by atoms with Crippen LogP contribution in [0.3, 0.4) is 0 Å². The number of halogens is 1. The molecule has 1 amide bonds. The van der Waals surface area contributed by atoms with E-state index in [4.69, 9.17) is 4.74 Å². The van der Waals surface area contributed by atoms with E-state index in [-0.39, 0.29) is 5.91 Å². The number of ether oxygens (including phenoxy) is 1. The van der Waals surface area contributed by atoms with Gasteiger partial charge in [0.25, 0.3) is 5.91 Å². The van der Waals surface area contributed by atoms with Crippen LogP contribution in [-0.4, -0.2) is 50.6 Å². The highest BCUT2D eigenvalue weighted by atomic mass is 79.9. The van der Waals surface area contributed by atoms with Gasteiger partial charge in [-0.2, -0.15) is 0 Å². The lowest BCUT2D eigenvalue weighted by Crippen LogP contribution is -2.44. The van der Waals surface area contributed by atoms with Crippen molar-refractivity contribution in [2.75, 3.05) is 50.1 Å². The van der Waals surface area contributed by atoms with Gasteiger partial charge >= 0.3 is 0 Å². The third-order valence-corrected chi connectivity index (χ3v) is 5.11. The van der Waals surface area contributed by atoms with Gasteiger partial charge in [0.05, 0.1) is 22.5 Å². The lowest BCUT2D eigenvalue weighted by atomic mass is 10.1. The number of benzene rings is 2. The van der Waals surface area contributed by atoms with Crippen LogP contribution in [0, 0.1) is 0 Å². The molecular formula is C20H24BrN3O2. The molecule has 6 heteroatoms. The molecule has 1 heterocycles. The lowest BCUT2D eigenvalue weighted by molar-refractivity contribution is 0.102. The Labute approximate surface area is 163 Å². The molecule has 0 bridgehead atoms. The number of likely N-dealkylation sites (N-methyl/N-ethyl adjacent to an activating group) is 1. The Kier molecular flexibility index (Phi) is 6.16. The number of carbonyl (C=O) groups is 1. The zero-order chi connectivity index (χ0) is 18.5. The normalized spacial score (nSPS) is 15.0. The summed E-state index contributed by atoms with van der Waals surface area (Å²) in [4.78, 5) is 17.4. The van der Waals surface area contributed by atoms with E-state index in [9.17, 15) is 4.79 Å². The molecule has 0 atom stereocenters. The van der Waals surface area contributed by atoms with E-state index >= 15 is 0 Å². The van der Waals surface area contributed by atoms with Gasteiger partial charge in [-0.3, -0.25) is 4.79 Å². The van der Waals surface area contributed by atoms with E-state index in [1.165, 1.54) is 0 Å². The summed E-state index contributed by atoms with van der Waals surface area (Å²) in [5.74, 6) is 0.609. The molecule has 3 rings (SSSR count). The van der Waals surface area contributed by atoms with Crippen molar-refractivity contribution >= 4 is 33.2 Å². The highest BCUT2D eigenvalue weighted by Gasteiger charge is 2.18. The molecule has 0 radical (unpaired) electrons. The third kappa shape index (κ3) is 4.37. The topological polar surface area (TPSA) is 44.8 Å². The number of para-hydroxylation sites is 2. The molecule has 1 aliphatic rings. The minimum atomic E-state index is -0.129. The predicted molar refractivity (Wildman–Crippen MR) is 109 cm³/mol. The highest BCUT2D eigenvalue weighted by molar-refractivity contribution is 9.10. The predicted octanol–water partition coefficient (Wildman–Crippen LogP) is 3.85. The second-order valence-electron chi connectivity index (χ2n) is 6.34. The first-order chi connectivity index (χ1) is 12.6. The van der Waals surface area contributed by atoms with Crippen molar-refractivity contribution < 1.29 is 9.53 Å². The molecule has 0 aromatic heterocycles. The molecule has 138 valence electrons. The number of amides is 1. The summed E-state index contributed by atoms with van der Waals surface area (Å²) in [7, 11) is 2.13. The molecule has 0 spiro atoms. The zero-order valence-electron chi connectivity index (χ0n) is 15.2. The number of rotatable bonds is 5. The average Bonchev–Trinajstić information content (AvgIpc) is 2.65. The maximum absolute atomic E-state index is 12.7. The van der Waals surface area contributed by atoms with Crippen molar-refractivity contribution in [3.8, 4) is 5.75 Å². The summed E-state index contributed by atoms with van der Waals surface area (Å²) in [5, 5.41) is 3.06. The Hall–Kier alpha value is -2.05. The number of piperazine rings is 1. The van der Waals surface area contributed by atoms with Gasteiger partial charge in [0.15, 0.2) is 0 Å². The van der Waals surface area contributed by atoms with Gasteiger partial charge in [-0.25, -0.2) is 0 Å². The number of nitrogens with one attached hydrogen (secondary N) is 1. The van der Waals surface area contributed by atoms with Gasteiger partial charge in [-0.15, -0.1) is 0 Å². The van der Waals surface area contributed by atoms with Crippen LogP contribution < -0.4 is 15.0 Å². The molecule has 26 heavy (non-hydrogen) atoms. The van der Waals surface area contributed by atoms with Crippen molar-refractivity contribution in [3.05, 3.63) is 52.5 Å². The number of hydrogen-bond acceptors (Lipinski definition) is 4. The van der Waals surface area contributed by atoms with Gasteiger partial charge < -0.3 is 19.9 Å². The summed E-state index contributed by atoms with van der Waals surface area (Å²) >= 11 is 3.47. The van der Waals surface area contributed by atoms with Crippen molar-refractivity contribution in [2.45, 2.75) is 6.92 Å². The molecular weight excluding hydrogens is 394 g/mol. The first kappa shape index (κ1) is 18.7.